The molecule has 0 bridgehead atoms. The number of ether oxygens (including phenoxy) is 1. The number of anilines is 2. The van der Waals surface area contributed by atoms with E-state index in [4.69, 9.17) is 4.74 Å². The van der Waals surface area contributed by atoms with Crippen molar-refractivity contribution >= 4 is 17.7 Å². The van der Waals surface area contributed by atoms with Crippen LogP contribution in [0.5, 0.6) is 0 Å². The molecule has 2 aromatic carbocycles. The Bertz CT molecular complexity index is 1380. The zero-order valence-electron chi connectivity index (χ0n) is 24.1. The molecule has 1 aliphatic heterocycles. The molecule has 228 valence electrons. The molecule has 42 heavy (non-hydrogen) atoms. The Labute approximate surface area is 242 Å². The van der Waals surface area contributed by atoms with Crippen molar-refractivity contribution in [1.29, 1.82) is 0 Å². The molecule has 0 aliphatic carbocycles. The second kappa shape index (κ2) is 13.1. The van der Waals surface area contributed by atoms with Crippen LogP contribution in [-0.2, 0) is 30.7 Å². The van der Waals surface area contributed by atoms with E-state index in [9.17, 15) is 27.5 Å². The third kappa shape index (κ3) is 7.00. The Kier molecular flexibility index (Phi) is 9.70. The van der Waals surface area contributed by atoms with Gasteiger partial charge in [-0.05, 0) is 80.1 Å². The van der Waals surface area contributed by atoms with Crippen LogP contribution in [0.1, 0.15) is 73.9 Å². The molecule has 0 saturated heterocycles. The lowest BCUT2D eigenvalue weighted by atomic mass is 9.87. The van der Waals surface area contributed by atoms with E-state index in [-0.39, 0.29) is 42.4 Å². The van der Waals surface area contributed by atoms with E-state index >= 15 is 0 Å². The van der Waals surface area contributed by atoms with Gasteiger partial charge in [-0.25, -0.2) is 9.18 Å². The number of amides is 1. The molecule has 1 N–H and O–H groups in total. The maximum Gasteiger partial charge on any atom is 0.416 e. The standard InChI is InChI=1S/C29H36F4N6O3/c1-5-23-15-26(24-11-19(4)7-8-25(24)39(23)28(41)42-18(2)3)37(27-34-36-38(35-27)9-6-10-40)17-21-12-20(16-30)13-22(14-21)29(31,32)33/h7-8,11-14,18,23,26,40H,5-6,9-10,15-17H2,1-4H3/t23-,26+/m1/s1. The monoisotopic (exact) mass is 592 g/mol. The topological polar surface area (TPSA) is 96.6 Å². The maximum absolute atomic E-state index is 13.7. The highest BCUT2D eigenvalue weighted by molar-refractivity contribution is 5.90. The van der Waals surface area contributed by atoms with Crippen molar-refractivity contribution < 1.29 is 32.2 Å². The minimum absolute atomic E-state index is 0.0759. The number of fused-ring (bicyclic) bond motifs is 1. The fraction of sp³-hybridized carbons (Fsp3) is 0.517. The number of rotatable bonds is 10. The van der Waals surface area contributed by atoms with Gasteiger partial charge in [0.25, 0.3) is 5.95 Å². The first-order valence-electron chi connectivity index (χ1n) is 14.0. The number of aromatic nitrogens is 4. The second-order valence-electron chi connectivity index (χ2n) is 10.7. The Hall–Kier alpha value is -3.74. The summed E-state index contributed by atoms with van der Waals surface area (Å²) in [5.74, 6) is 0.165. The van der Waals surface area contributed by atoms with Crippen molar-refractivity contribution in [3.8, 4) is 0 Å². The van der Waals surface area contributed by atoms with Gasteiger partial charge in [0.2, 0.25) is 0 Å². The number of benzene rings is 2. The lowest BCUT2D eigenvalue weighted by molar-refractivity contribution is -0.137. The number of carbonyl (C=O) groups is 1. The number of carbonyl (C=O) groups excluding carboxylic acids is 1. The van der Waals surface area contributed by atoms with Gasteiger partial charge in [-0.1, -0.05) is 35.8 Å². The van der Waals surface area contributed by atoms with E-state index in [1.54, 1.807) is 23.6 Å². The lowest BCUT2D eigenvalue weighted by Crippen LogP contribution is -2.48. The molecular formula is C29H36F4N6O3. The molecule has 1 aliphatic rings. The van der Waals surface area contributed by atoms with Crippen LogP contribution in [-0.4, -0.2) is 50.2 Å². The van der Waals surface area contributed by atoms with Gasteiger partial charge in [-0.15, -0.1) is 5.10 Å². The fourth-order valence-corrected chi connectivity index (χ4v) is 5.27. The van der Waals surface area contributed by atoms with Crippen LogP contribution >= 0.6 is 0 Å². The van der Waals surface area contributed by atoms with Crippen molar-refractivity contribution in [3.05, 3.63) is 64.2 Å². The zero-order chi connectivity index (χ0) is 30.6. The number of nitrogens with zero attached hydrogens (tertiary/aromatic N) is 6. The minimum Gasteiger partial charge on any atom is -0.446 e. The van der Waals surface area contributed by atoms with Gasteiger partial charge in [0.05, 0.1) is 29.9 Å². The average molecular weight is 593 g/mol. The summed E-state index contributed by atoms with van der Waals surface area (Å²) in [4.78, 5) is 18.0. The number of tetrazole rings is 1. The molecule has 0 spiro atoms. The molecule has 0 unspecified atom stereocenters. The number of aliphatic hydroxyl groups is 1. The summed E-state index contributed by atoms with van der Waals surface area (Å²) < 4.78 is 60.4. The molecule has 2 heterocycles. The molecule has 0 radical (unpaired) electrons. The summed E-state index contributed by atoms with van der Waals surface area (Å²) in [5.41, 5.74) is 1.50. The van der Waals surface area contributed by atoms with Crippen molar-refractivity contribution in [1.82, 2.24) is 20.2 Å². The van der Waals surface area contributed by atoms with Gasteiger partial charge in [0.15, 0.2) is 0 Å². The van der Waals surface area contributed by atoms with Crippen LogP contribution in [0.15, 0.2) is 36.4 Å². The van der Waals surface area contributed by atoms with E-state index < -0.39 is 30.5 Å². The predicted molar refractivity (Wildman–Crippen MR) is 149 cm³/mol. The van der Waals surface area contributed by atoms with Crippen LogP contribution in [0.4, 0.5) is 34.0 Å². The summed E-state index contributed by atoms with van der Waals surface area (Å²) in [6, 6.07) is 8.12. The van der Waals surface area contributed by atoms with Crippen molar-refractivity contribution in [2.75, 3.05) is 16.4 Å². The van der Waals surface area contributed by atoms with Gasteiger partial charge in [0, 0.05) is 19.2 Å². The van der Waals surface area contributed by atoms with Crippen molar-refractivity contribution in [2.45, 2.75) is 91.1 Å². The van der Waals surface area contributed by atoms with Gasteiger partial charge in [0.1, 0.15) is 6.67 Å². The van der Waals surface area contributed by atoms with E-state index in [1.807, 2.05) is 32.0 Å². The Balaban J connectivity index is 1.85. The third-order valence-corrected chi connectivity index (χ3v) is 7.15. The quantitative estimate of drug-likeness (QED) is 0.283. The molecule has 13 heteroatoms. The largest absolute Gasteiger partial charge is 0.446 e. The van der Waals surface area contributed by atoms with Gasteiger partial charge in [-0.2, -0.15) is 18.0 Å². The van der Waals surface area contributed by atoms with Crippen LogP contribution in [0.2, 0.25) is 0 Å². The van der Waals surface area contributed by atoms with E-state index in [2.05, 4.69) is 15.4 Å². The molecule has 2 atom stereocenters. The number of hydrogen-bond acceptors (Lipinski definition) is 7. The van der Waals surface area contributed by atoms with Gasteiger partial charge in [-0.3, -0.25) is 4.90 Å². The number of hydrogen-bond donors (Lipinski definition) is 1. The Morgan fingerprint density at radius 2 is 1.93 bits per heavy atom. The molecule has 1 aromatic heterocycles. The van der Waals surface area contributed by atoms with E-state index in [0.29, 0.717) is 31.5 Å². The normalized spacial score (nSPS) is 17.0. The highest BCUT2D eigenvalue weighted by Gasteiger charge is 2.40. The van der Waals surface area contributed by atoms with Crippen molar-refractivity contribution in [2.24, 2.45) is 0 Å². The first-order valence-corrected chi connectivity index (χ1v) is 14.0. The molecule has 0 fully saturated rings. The molecular weight excluding hydrogens is 556 g/mol. The van der Waals surface area contributed by atoms with Crippen LogP contribution in [0, 0.1) is 6.92 Å². The number of alkyl halides is 4. The van der Waals surface area contributed by atoms with Gasteiger partial charge >= 0.3 is 12.3 Å². The van der Waals surface area contributed by atoms with E-state index in [1.165, 1.54) is 10.9 Å². The summed E-state index contributed by atoms with van der Waals surface area (Å²) >= 11 is 0. The highest BCUT2D eigenvalue weighted by Crippen LogP contribution is 2.44. The summed E-state index contributed by atoms with van der Waals surface area (Å²) in [6.07, 6.45) is -4.10. The summed E-state index contributed by atoms with van der Waals surface area (Å²) in [7, 11) is 0. The number of aryl methyl sites for hydroxylation is 2. The van der Waals surface area contributed by atoms with E-state index in [0.717, 1.165) is 23.3 Å². The zero-order valence-corrected chi connectivity index (χ0v) is 24.1. The molecule has 9 nitrogen and oxygen atoms in total. The average Bonchev–Trinajstić information content (AvgIpc) is 3.41. The van der Waals surface area contributed by atoms with Crippen LogP contribution in [0.3, 0.4) is 0 Å². The third-order valence-electron chi connectivity index (χ3n) is 7.15. The second-order valence-corrected chi connectivity index (χ2v) is 10.7. The fourth-order valence-electron chi connectivity index (χ4n) is 5.27. The predicted octanol–water partition coefficient (Wildman–Crippen LogP) is 6.13. The SMILES string of the molecule is CC[C@@H]1C[C@H](N(Cc2cc(CF)cc(C(F)(F)F)c2)c2nnn(CCCO)n2)c2cc(C)ccc2N1C(=O)OC(C)C. The molecule has 4 rings (SSSR count). The first-order chi connectivity index (χ1) is 19.9. The highest BCUT2D eigenvalue weighted by atomic mass is 19.4. The first kappa shape index (κ1) is 31.2. The van der Waals surface area contributed by atoms with Crippen LogP contribution < -0.4 is 9.80 Å². The summed E-state index contributed by atoms with van der Waals surface area (Å²) in [6.45, 7) is 6.49. The minimum atomic E-state index is -4.66. The molecule has 0 saturated carbocycles. The number of aliphatic hydroxyl groups excluding tert-OH is 1. The Morgan fingerprint density at radius 3 is 2.57 bits per heavy atom. The smallest absolute Gasteiger partial charge is 0.416 e. The summed E-state index contributed by atoms with van der Waals surface area (Å²) in [5, 5.41) is 22.0. The maximum atomic E-state index is 13.7. The van der Waals surface area contributed by atoms with Crippen molar-refractivity contribution in [3.63, 3.8) is 0 Å². The molecule has 3 aromatic rings. The van der Waals surface area contributed by atoms with Gasteiger partial charge < -0.3 is 14.7 Å². The lowest BCUT2D eigenvalue weighted by Gasteiger charge is -2.44. The molecule has 1 amide bonds. The van der Waals surface area contributed by atoms with Crippen LogP contribution in [0.25, 0.3) is 0 Å². The number of halogens is 4. The Morgan fingerprint density at radius 1 is 1.19 bits per heavy atom.